The average molecular weight is 722 g/mol. The monoisotopic (exact) mass is 721 g/mol. The molecule has 0 saturated carbocycles. The summed E-state index contributed by atoms with van der Waals surface area (Å²) in [4.78, 5) is 22.9. The molecule has 2 aromatic heterocycles. The molecule has 4 atom stereocenters. The summed E-state index contributed by atoms with van der Waals surface area (Å²) in [6.07, 6.45) is 8.48. The molecular weight excluding hydrogens is 667 g/mol. The molecular formula is C41H55N9O3. The number of carbonyl (C=O) groups excluding carboxylic acids is 1. The van der Waals surface area contributed by atoms with Gasteiger partial charge in [-0.15, -0.1) is 10.2 Å². The van der Waals surface area contributed by atoms with Gasteiger partial charge in [0.05, 0.1) is 17.9 Å². The minimum absolute atomic E-state index is 0.00804. The van der Waals surface area contributed by atoms with E-state index in [1.807, 2.05) is 101 Å². The highest BCUT2D eigenvalue weighted by Gasteiger charge is 2.30. The van der Waals surface area contributed by atoms with Crippen LogP contribution in [-0.2, 0) is 0 Å². The van der Waals surface area contributed by atoms with Gasteiger partial charge in [0.25, 0.3) is 0 Å². The number of carbonyl (C=O) groups is 1. The predicted molar refractivity (Wildman–Crippen MR) is 211 cm³/mol. The number of benzene rings is 2. The van der Waals surface area contributed by atoms with Gasteiger partial charge in [0.2, 0.25) is 5.95 Å². The van der Waals surface area contributed by atoms with Crippen molar-refractivity contribution in [3.05, 3.63) is 89.8 Å². The Balaban J connectivity index is 1.18. The van der Waals surface area contributed by atoms with Crippen LogP contribution in [0.3, 0.4) is 0 Å². The molecule has 12 heteroatoms. The van der Waals surface area contributed by atoms with Gasteiger partial charge in [0.1, 0.15) is 29.5 Å². The summed E-state index contributed by atoms with van der Waals surface area (Å²) in [5, 5.41) is 15.1. The molecule has 4 N–H and O–H groups in total. The fourth-order valence-corrected chi connectivity index (χ4v) is 7.03. The number of likely N-dealkylation sites (N-methyl/N-ethyl adjacent to an activating group) is 1. The third kappa shape index (κ3) is 9.47. The van der Waals surface area contributed by atoms with Crippen molar-refractivity contribution in [2.24, 2.45) is 16.1 Å². The highest BCUT2D eigenvalue weighted by atomic mass is 16.5. The van der Waals surface area contributed by atoms with E-state index in [4.69, 9.17) is 20.2 Å². The topological polar surface area (TPSA) is 135 Å². The molecule has 1 saturated heterocycles. The normalized spacial score (nSPS) is 20.2. The fourth-order valence-electron chi connectivity index (χ4n) is 7.03. The van der Waals surface area contributed by atoms with Gasteiger partial charge in [-0.2, -0.15) is 0 Å². The van der Waals surface area contributed by atoms with Crippen LogP contribution in [0.5, 0.6) is 11.5 Å². The number of piperidine rings is 1. The quantitative estimate of drug-likeness (QED) is 0.115. The van der Waals surface area contributed by atoms with Crippen molar-refractivity contribution in [2.75, 3.05) is 32.1 Å². The maximum Gasteiger partial charge on any atom is 0.320 e. The smallest absolute Gasteiger partial charge is 0.320 e. The van der Waals surface area contributed by atoms with E-state index < -0.39 is 0 Å². The molecule has 0 spiro atoms. The number of fused-ring (bicyclic) bond motifs is 2. The van der Waals surface area contributed by atoms with Crippen LogP contribution >= 0.6 is 0 Å². The third-order valence-electron chi connectivity index (χ3n) is 9.86. The van der Waals surface area contributed by atoms with Gasteiger partial charge in [0.15, 0.2) is 5.65 Å². The molecule has 1 fully saturated rings. The molecule has 2 aromatic carbocycles. The largest absolute Gasteiger partial charge is 0.489 e. The number of ether oxygens (including phenoxy) is 2. The lowest BCUT2D eigenvalue weighted by atomic mass is 9.85. The number of pyridine rings is 1. The first kappa shape index (κ1) is 37.7. The Kier molecular flexibility index (Phi) is 11.6. The number of rotatable bonds is 10. The van der Waals surface area contributed by atoms with Crippen LogP contribution in [0.1, 0.15) is 90.0 Å². The lowest BCUT2D eigenvalue weighted by Crippen LogP contribution is -2.42. The zero-order chi connectivity index (χ0) is 37.7. The second-order valence-corrected chi connectivity index (χ2v) is 15.6. The summed E-state index contributed by atoms with van der Waals surface area (Å²) < 4.78 is 14.8. The summed E-state index contributed by atoms with van der Waals surface area (Å²) in [5.41, 5.74) is 10.2. The number of anilines is 1. The van der Waals surface area contributed by atoms with Crippen molar-refractivity contribution in [3.8, 4) is 11.5 Å². The van der Waals surface area contributed by atoms with E-state index in [0.717, 1.165) is 60.8 Å². The molecule has 1 aliphatic carbocycles. The van der Waals surface area contributed by atoms with Crippen LogP contribution in [0.15, 0.2) is 83.6 Å². The lowest BCUT2D eigenvalue weighted by Gasteiger charge is -2.33. The Labute approximate surface area is 313 Å². The van der Waals surface area contributed by atoms with Gasteiger partial charge >= 0.3 is 6.03 Å². The second-order valence-electron chi connectivity index (χ2n) is 15.6. The number of allylic oxidation sites excluding steroid dienone is 1. The maximum atomic E-state index is 13.7. The van der Waals surface area contributed by atoms with Crippen LogP contribution in [0.4, 0.5) is 16.4 Å². The number of aromatic nitrogens is 3. The first-order valence-electron chi connectivity index (χ1n) is 18.8. The van der Waals surface area contributed by atoms with Crippen molar-refractivity contribution in [3.63, 3.8) is 0 Å². The van der Waals surface area contributed by atoms with Crippen molar-refractivity contribution >= 4 is 29.1 Å². The van der Waals surface area contributed by atoms with Gasteiger partial charge in [-0.1, -0.05) is 51.1 Å². The molecule has 3 heterocycles. The van der Waals surface area contributed by atoms with Gasteiger partial charge in [-0.3, -0.25) is 9.72 Å². The fraction of sp³-hybridized carbons (Fsp3) is 0.463. The summed E-state index contributed by atoms with van der Waals surface area (Å²) in [5.74, 6) is 2.64. The Morgan fingerprint density at radius 3 is 2.58 bits per heavy atom. The number of hydrogen-bond acceptors (Lipinski definition) is 9. The molecule has 12 nitrogen and oxygen atoms in total. The number of hydrogen-bond donors (Lipinski definition) is 3. The van der Waals surface area contributed by atoms with Crippen LogP contribution in [0.2, 0.25) is 0 Å². The van der Waals surface area contributed by atoms with Crippen molar-refractivity contribution in [1.82, 2.24) is 30.1 Å². The van der Waals surface area contributed by atoms with Gasteiger partial charge in [-0.05, 0) is 95.4 Å². The van der Waals surface area contributed by atoms with Gasteiger partial charge in [0, 0.05) is 42.4 Å². The van der Waals surface area contributed by atoms with Crippen LogP contribution in [0, 0.1) is 5.41 Å². The zero-order valence-electron chi connectivity index (χ0n) is 32.2. The molecule has 0 bridgehead atoms. The van der Waals surface area contributed by atoms with E-state index in [1.54, 1.807) is 6.08 Å². The third-order valence-corrected chi connectivity index (χ3v) is 9.86. The highest BCUT2D eigenvalue weighted by Crippen LogP contribution is 2.39. The van der Waals surface area contributed by atoms with Crippen LogP contribution in [0.25, 0.3) is 5.65 Å². The van der Waals surface area contributed by atoms with E-state index in [-0.39, 0.29) is 29.7 Å². The molecule has 6 rings (SSSR count). The first-order chi connectivity index (χ1) is 25.3. The molecule has 1 aliphatic heterocycles. The minimum atomic E-state index is -0.370. The molecule has 2 aliphatic rings. The molecule has 0 radical (unpaired) electrons. The molecule has 0 unspecified atom stereocenters. The van der Waals surface area contributed by atoms with E-state index in [2.05, 4.69) is 49.7 Å². The van der Waals surface area contributed by atoms with Gasteiger partial charge < -0.3 is 30.3 Å². The number of urea groups is 1. The van der Waals surface area contributed by atoms with E-state index >= 15 is 0 Å². The Morgan fingerprint density at radius 2 is 1.83 bits per heavy atom. The summed E-state index contributed by atoms with van der Waals surface area (Å²) in [6.45, 7) is 12.1. The van der Waals surface area contributed by atoms with Crippen LogP contribution < -0.4 is 30.7 Å². The first-order valence-corrected chi connectivity index (χ1v) is 18.8. The molecule has 282 valence electrons. The second kappa shape index (κ2) is 16.3. The molecule has 4 aromatic rings. The van der Waals surface area contributed by atoms with Crippen molar-refractivity contribution in [2.45, 2.75) is 91.0 Å². The average Bonchev–Trinajstić information content (AvgIpc) is 3.52. The predicted octanol–water partition coefficient (Wildman–Crippen LogP) is 7.31. The molecule has 53 heavy (non-hydrogen) atoms. The standard InChI is InChI=1S/C41H55N9O3/c1-27-13-10-11-22-49(27)40-47-46-38-21-18-31(26-50(38)40)53-35-20-19-34(32-16-8-9-17-33(32)35)44-39(51)45-37(24-36(42)41(3,4)5)43-29-14-12-15-30(23-29)52-28(2)25-48(6)7/h8-9,12,14-18,21,23-24,26-28,34-35H,10-11,13,19-20,22,25,42H2,1-7H3,(H2,43,44,45,51)/t27-,28-,34-,35+/m0/s1. The van der Waals surface area contributed by atoms with E-state index in [9.17, 15) is 4.79 Å². The SMILES string of the molecule is C[C@@H](CN(C)C)Oc1cccc(N=C(C=C(N)C(C)(C)C)NC(=O)N[C@H]2CC[C@@H](Oc3ccc4nnc(N5CCCC[C@@H]5C)n4c3)c3ccccc32)c1. The summed E-state index contributed by atoms with van der Waals surface area (Å²) >= 11 is 0. The minimum Gasteiger partial charge on any atom is -0.489 e. The lowest BCUT2D eigenvalue weighted by molar-refractivity contribution is 0.171. The van der Waals surface area contributed by atoms with Crippen molar-refractivity contribution < 1.29 is 14.3 Å². The molecule has 2 amide bonds. The zero-order valence-corrected chi connectivity index (χ0v) is 32.2. The Hall–Kier alpha value is -5.10. The van der Waals surface area contributed by atoms with E-state index in [0.29, 0.717) is 35.4 Å². The number of aliphatic imine (C=N–C) groups is 1. The summed E-state index contributed by atoms with van der Waals surface area (Å²) in [6, 6.07) is 19.4. The highest BCUT2D eigenvalue weighted by molar-refractivity contribution is 6.05. The van der Waals surface area contributed by atoms with Crippen molar-refractivity contribution in [1.29, 1.82) is 0 Å². The Bertz CT molecular complexity index is 1950. The maximum absolute atomic E-state index is 13.7. The Morgan fingerprint density at radius 1 is 1.04 bits per heavy atom. The number of nitrogens with two attached hydrogens (primary N) is 1. The number of nitrogens with one attached hydrogen (secondary N) is 2. The summed E-state index contributed by atoms with van der Waals surface area (Å²) in [7, 11) is 4.03. The van der Waals surface area contributed by atoms with Gasteiger partial charge in [-0.25, -0.2) is 9.79 Å². The number of amidine groups is 1. The number of amides is 2. The van der Waals surface area contributed by atoms with E-state index in [1.165, 1.54) is 6.42 Å². The number of nitrogens with zero attached hydrogens (tertiary/aromatic N) is 6. The van der Waals surface area contributed by atoms with Crippen LogP contribution in [-0.4, -0.2) is 70.7 Å².